The van der Waals surface area contributed by atoms with Gasteiger partial charge in [-0.15, -0.1) is 6.42 Å². The number of terminal acetylenes is 1. The number of rotatable bonds is 7. The number of fused-ring (bicyclic) bond motifs is 1. The second kappa shape index (κ2) is 9.72. The molecule has 0 saturated carbocycles. The predicted molar refractivity (Wildman–Crippen MR) is 130 cm³/mol. The van der Waals surface area contributed by atoms with Gasteiger partial charge in [-0.2, -0.15) is 0 Å². The Balaban J connectivity index is 1.84. The van der Waals surface area contributed by atoms with E-state index in [1.165, 1.54) is 5.56 Å². The standard InChI is InChI=1S/C28H26N2O3/c1-5-16-33-23-14-15-25-24(17-23)26(20-8-6-19(7-9-20)18(2)3)30-28(29-25)27(31)21-10-12-22(32-4)13-11-21/h1,6-15,17-18,27,31H,16H2,2-4H3. The Labute approximate surface area is 194 Å². The fourth-order valence-corrected chi connectivity index (χ4v) is 3.64. The predicted octanol–water partition coefficient (Wildman–Crippen LogP) is 5.52. The highest BCUT2D eigenvalue weighted by Crippen LogP contribution is 2.32. The molecule has 0 aliphatic rings. The van der Waals surface area contributed by atoms with Crippen molar-refractivity contribution in [3.63, 3.8) is 0 Å². The monoisotopic (exact) mass is 438 g/mol. The van der Waals surface area contributed by atoms with Crippen LogP contribution in [0.3, 0.4) is 0 Å². The summed E-state index contributed by atoms with van der Waals surface area (Å²) in [5, 5.41) is 11.9. The Morgan fingerprint density at radius 1 is 0.909 bits per heavy atom. The van der Waals surface area contributed by atoms with E-state index in [1.807, 2.05) is 30.3 Å². The van der Waals surface area contributed by atoms with Gasteiger partial charge in [0.1, 0.15) is 24.2 Å². The van der Waals surface area contributed by atoms with E-state index in [2.05, 4.69) is 49.0 Å². The van der Waals surface area contributed by atoms with E-state index in [9.17, 15) is 5.11 Å². The summed E-state index contributed by atoms with van der Waals surface area (Å²) in [6, 6.07) is 21.1. The lowest BCUT2D eigenvalue weighted by atomic mass is 9.99. The first-order chi connectivity index (χ1) is 16.0. The molecule has 0 aliphatic carbocycles. The van der Waals surface area contributed by atoms with Crippen molar-refractivity contribution in [1.82, 2.24) is 9.97 Å². The highest BCUT2D eigenvalue weighted by molar-refractivity contribution is 5.93. The van der Waals surface area contributed by atoms with Crippen molar-refractivity contribution in [3.8, 4) is 35.1 Å². The van der Waals surface area contributed by atoms with Crippen molar-refractivity contribution in [2.45, 2.75) is 25.9 Å². The zero-order chi connectivity index (χ0) is 23.4. The molecule has 33 heavy (non-hydrogen) atoms. The van der Waals surface area contributed by atoms with E-state index in [1.54, 1.807) is 19.2 Å². The van der Waals surface area contributed by atoms with Gasteiger partial charge in [0.05, 0.1) is 18.3 Å². The molecule has 1 heterocycles. The quantitative estimate of drug-likeness (QED) is 0.385. The van der Waals surface area contributed by atoms with E-state index in [0.29, 0.717) is 28.6 Å². The summed E-state index contributed by atoms with van der Waals surface area (Å²) in [6.07, 6.45) is 4.36. The number of nitrogens with zero attached hydrogens (tertiary/aromatic N) is 2. The first-order valence-electron chi connectivity index (χ1n) is 10.8. The number of ether oxygens (including phenoxy) is 2. The minimum Gasteiger partial charge on any atom is -0.497 e. The van der Waals surface area contributed by atoms with Crippen LogP contribution in [0.15, 0.2) is 66.7 Å². The van der Waals surface area contributed by atoms with Crippen LogP contribution in [0, 0.1) is 12.3 Å². The number of hydrogen-bond donors (Lipinski definition) is 1. The normalized spacial score (nSPS) is 11.9. The maximum atomic E-state index is 11.1. The minimum absolute atomic E-state index is 0.180. The third-order valence-electron chi connectivity index (χ3n) is 5.53. The van der Waals surface area contributed by atoms with Crippen LogP contribution in [0.4, 0.5) is 0 Å². The van der Waals surface area contributed by atoms with Crippen molar-refractivity contribution in [2.75, 3.05) is 13.7 Å². The molecule has 0 aliphatic heterocycles. The molecule has 0 amide bonds. The van der Waals surface area contributed by atoms with Gasteiger partial charge in [-0.05, 0) is 47.4 Å². The van der Waals surface area contributed by atoms with E-state index in [4.69, 9.17) is 20.9 Å². The largest absolute Gasteiger partial charge is 0.497 e. The molecule has 1 aromatic heterocycles. The topological polar surface area (TPSA) is 64.5 Å². The maximum Gasteiger partial charge on any atom is 0.162 e. The molecule has 0 bridgehead atoms. The van der Waals surface area contributed by atoms with Crippen LogP contribution >= 0.6 is 0 Å². The molecular formula is C28H26N2O3. The van der Waals surface area contributed by atoms with Crippen molar-refractivity contribution in [1.29, 1.82) is 0 Å². The molecule has 0 fully saturated rings. The van der Waals surface area contributed by atoms with Gasteiger partial charge in [-0.25, -0.2) is 9.97 Å². The second-order valence-corrected chi connectivity index (χ2v) is 8.05. The first-order valence-corrected chi connectivity index (χ1v) is 10.8. The molecule has 1 unspecified atom stereocenters. The lowest BCUT2D eigenvalue weighted by Gasteiger charge is -2.15. The average Bonchev–Trinajstić information content (AvgIpc) is 2.86. The highest BCUT2D eigenvalue weighted by atomic mass is 16.5. The van der Waals surface area contributed by atoms with Crippen LogP contribution in [0.1, 0.15) is 42.8 Å². The Kier molecular flexibility index (Phi) is 6.58. The molecule has 4 aromatic rings. The van der Waals surface area contributed by atoms with Gasteiger partial charge < -0.3 is 14.6 Å². The SMILES string of the molecule is C#CCOc1ccc2nc(C(O)c3ccc(OC)cc3)nc(-c3ccc(C(C)C)cc3)c2c1. The molecular weight excluding hydrogens is 412 g/mol. The summed E-state index contributed by atoms with van der Waals surface area (Å²) in [4.78, 5) is 9.46. The van der Waals surface area contributed by atoms with Crippen molar-refractivity contribution >= 4 is 10.9 Å². The van der Waals surface area contributed by atoms with Crippen molar-refractivity contribution in [2.24, 2.45) is 0 Å². The van der Waals surface area contributed by atoms with Crippen molar-refractivity contribution in [3.05, 3.63) is 83.7 Å². The lowest BCUT2D eigenvalue weighted by molar-refractivity contribution is 0.210. The van der Waals surface area contributed by atoms with E-state index in [-0.39, 0.29) is 6.61 Å². The lowest BCUT2D eigenvalue weighted by Crippen LogP contribution is -2.07. The van der Waals surface area contributed by atoms with Crippen LogP contribution in [-0.2, 0) is 0 Å². The Hall–Kier alpha value is -3.88. The third kappa shape index (κ3) is 4.82. The number of aliphatic hydroxyl groups excluding tert-OH is 1. The fraction of sp³-hybridized carbons (Fsp3) is 0.214. The molecule has 5 heteroatoms. The van der Waals surface area contributed by atoms with Gasteiger partial charge in [-0.3, -0.25) is 0 Å². The molecule has 0 saturated heterocycles. The van der Waals surface area contributed by atoms with E-state index in [0.717, 1.165) is 22.4 Å². The molecule has 5 nitrogen and oxygen atoms in total. The number of benzene rings is 3. The van der Waals surface area contributed by atoms with Crippen molar-refractivity contribution < 1.29 is 14.6 Å². The summed E-state index contributed by atoms with van der Waals surface area (Å²) in [5.41, 5.74) is 4.30. The van der Waals surface area contributed by atoms with Gasteiger partial charge in [0.15, 0.2) is 5.82 Å². The molecule has 0 spiro atoms. The molecule has 166 valence electrons. The van der Waals surface area contributed by atoms with Crippen LogP contribution in [0.5, 0.6) is 11.5 Å². The third-order valence-corrected chi connectivity index (χ3v) is 5.53. The summed E-state index contributed by atoms with van der Waals surface area (Å²) in [6.45, 7) is 4.50. The summed E-state index contributed by atoms with van der Waals surface area (Å²) < 4.78 is 10.8. The number of aromatic nitrogens is 2. The Morgan fingerprint density at radius 2 is 1.58 bits per heavy atom. The average molecular weight is 439 g/mol. The summed E-state index contributed by atoms with van der Waals surface area (Å²) in [5.74, 6) is 4.60. The number of methoxy groups -OCH3 is 1. The zero-order valence-electron chi connectivity index (χ0n) is 18.9. The molecule has 0 radical (unpaired) electrons. The van der Waals surface area contributed by atoms with Gasteiger partial charge >= 0.3 is 0 Å². The maximum absolute atomic E-state index is 11.1. The molecule has 4 rings (SSSR count). The second-order valence-electron chi connectivity index (χ2n) is 8.05. The molecule has 1 N–H and O–H groups in total. The smallest absolute Gasteiger partial charge is 0.162 e. The van der Waals surface area contributed by atoms with Crippen LogP contribution < -0.4 is 9.47 Å². The summed E-state index contributed by atoms with van der Waals surface area (Å²) in [7, 11) is 1.61. The van der Waals surface area contributed by atoms with Crippen LogP contribution in [0.2, 0.25) is 0 Å². The van der Waals surface area contributed by atoms with Gasteiger partial charge in [0.25, 0.3) is 0 Å². The van der Waals surface area contributed by atoms with E-state index < -0.39 is 6.10 Å². The van der Waals surface area contributed by atoms with E-state index >= 15 is 0 Å². The molecule has 1 atom stereocenters. The minimum atomic E-state index is -0.980. The zero-order valence-corrected chi connectivity index (χ0v) is 18.9. The van der Waals surface area contributed by atoms with Gasteiger partial charge in [-0.1, -0.05) is 56.2 Å². The number of aliphatic hydroxyl groups is 1. The van der Waals surface area contributed by atoms with Gasteiger partial charge in [0, 0.05) is 10.9 Å². The highest BCUT2D eigenvalue weighted by Gasteiger charge is 2.18. The summed E-state index contributed by atoms with van der Waals surface area (Å²) >= 11 is 0. The fourth-order valence-electron chi connectivity index (χ4n) is 3.64. The number of hydrogen-bond acceptors (Lipinski definition) is 5. The van der Waals surface area contributed by atoms with Gasteiger partial charge in [0.2, 0.25) is 0 Å². The molecule has 3 aromatic carbocycles. The van der Waals surface area contributed by atoms with Crippen LogP contribution in [-0.4, -0.2) is 28.8 Å². The van der Waals surface area contributed by atoms with Crippen LogP contribution in [0.25, 0.3) is 22.2 Å². The Morgan fingerprint density at radius 3 is 2.21 bits per heavy atom. The Bertz CT molecular complexity index is 1290. The first kappa shape index (κ1) is 22.3.